The summed E-state index contributed by atoms with van der Waals surface area (Å²) in [5.41, 5.74) is 0.666. The molecule has 1 fully saturated rings. The van der Waals surface area contributed by atoms with Crippen LogP contribution in [0.1, 0.15) is 12.8 Å². The topological polar surface area (TPSA) is 35.8 Å². The van der Waals surface area contributed by atoms with Crippen LogP contribution in [0.25, 0.3) is 0 Å². The summed E-state index contributed by atoms with van der Waals surface area (Å²) in [5.74, 6) is 0. The fourth-order valence-corrected chi connectivity index (χ4v) is 0.935. The Morgan fingerprint density at radius 1 is 1.78 bits per heavy atom. The van der Waals surface area contributed by atoms with Gasteiger partial charge in [0, 0.05) is 5.57 Å². The number of hydrogen-bond donors (Lipinski definition) is 1. The molecule has 0 amide bonds. The third-order valence-electron chi connectivity index (χ3n) is 1.94. The van der Waals surface area contributed by atoms with Crippen LogP contribution in [0.3, 0.4) is 0 Å². The first-order chi connectivity index (χ1) is 4.25. The predicted octanol–water partition coefficient (Wildman–Crippen LogP) is 0.818. The van der Waals surface area contributed by atoms with Crippen molar-refractivity contribution in [2.45, 2.75) is 18.4 Å². The SMILES string of the molecule is C=C(C#N)C1(NC)CC1. The van der Waals surface area contributed by atoms with Crippen molar-refractivity contribution in [1.29, 1.82) is 5.26 Å². The van der Waals surface area contributed by atoms with Gasteiger partial charge in [-0.1, -0.05) is 6.58 Å². The summed E-state index contributed by atoms with van der Waals surface area (Å²) in [6.45, 7) is 3.65. The van der Waals surface area contributed by atoms with Crippen LogP contribution in [-0.2, 0) is 0 Å². The Hall–Kier alpha value is -0.810. The van der Waals surface area contributed by atoms with Crippen LogP contribution in [0, 0.1) is 11.3 Å². The number of likely N-dealkylation sites (N-methyl/N-ethyl adjacent to an activating group) is 1. The third kappa shape index (κ3) is 0.839. The molecule has 2 nitrogen and oxygen atoms in total. The molecule has 0 aromatic heterocycles. The van der Waals surface area contributed by atoms with Crippen molar-refractivity contribution in [2.24, 2.45) is 0 Å². The van der Waals surface area contributed by atoms with Crippen LogP contribution in [0.2, 0.25) is 0 Å². The summed E-state index contributed by atoms with van der Waals surface area (Å²) in [6, 6.07) is 2.06. The van der Waals surface area contributed by atoms with E-state index in [0.717, 1.165) is 12.8 Å². The van der Waals surface area contributed by atoms with Crippen LogP contribution in [0.4, 0.5) is 0 Å². The maximum Gasteiger partial charge on any atom is 0.0960 e. The highest BCUT2D eigenvalue weighted by atomic mass is 15.0. The number of nitrogens with one attached hydrogen (secondary N) is 1. The molecule has 0 spiro atoms. The van der Waals surface area contributed by atoms with Crippen molar-refractivity contribution in [1.82, 2.24) is 5.32 Å². The first kappa shape index (κ1) is 6.31. The second-order valence-electron chi connectivity index (χ2n) is 2.42. The minimum absolute atomic E-state index is 0.00521. The second-order valence-corrected chi connectivity index (χ2v) is 2.42. The highest BCUT2D eigenvalue weighted by Gasteiger charge is 2.43. The van der Waals surface area contributed by atoms with E-state index in [1.165, 1.54) is 0 Å². The molecule has 1 N–H and O–H groups in total. The quantitative estimate of drug-likeness (QED) is 0.550. The largest absolute Gasteiger partial charge is 0.310 e. The summed E-state index contributed by atoms with van der Waals surface area (Å²) < 4.78 is 0. The van der Waals surface area contributed by atoms with Crippen LogP contribution in [-0.4, -0.2) is 12.6 Å². The highest BCUT2D eigenvalue weighted by Crippen LogP contribution is 2.40. The number of nitriles is 1. The lowest BCUT2D eigenvalue weighted by Crippen LogP contribution is -2.28. The number of hydrogen-bond acceptors (Lipinski definition) is 2. The van der Waals surface area contributed by atoms with E-state index >= 15 is 0 Å². The van der Waals surface area contributed by atoms with Crippen molar-refractivity contribution in [3.63, 3.8) is 0 Å². The predicted molar refractivity (Wildman–Crippen MR) is 35.8 cm³/mol. The van der Waals surface area contributed by atoms with Gasteiger partial charge >= 0.3 is 0 Å². The van der Waals surface area contributed by atoms with Crippen LogP contribution >= 0.6 is 0 Å². The lowest BCUT2D eigenvalue weighted by atomic mass is 10.1. The Labute approximate surface area is 55.2 Å². The fraction of sp³-hybridized carbons (Fsp3) is 0.571. The summed E-state index contributed by atoms with van der Waals surface area (Å²) in [6.07, 6.45) is 2.13. The van der Waals surface area contributed by atoms with Gasteiger partial charge in [0.1, 0.15) is 0 Å². The zero-order valence-electron chi connectivity index (χ0n) is 5.57. The van der Waals surface area contributed by atoms with Gasteiger partial charge in [-0.2, -0.15) is 5.26 Å². The van der Waals surface area contributed by atoms with Gasteiger partial charge in [-0.3, -0.25) is 0 Å². The van der Waals surface area contributed by atoms with E-state index < -0.39 is 0 Å². The lowest BCUT2D eigenvalue weighted by molar-refractivity contribution is 0.651. The van der Waals surface area contributed by atoms with Crippen molar-refractivity contribution in [3.05, 3.63) is 12.2 Å². The Kier molecular flexibility index (Phi) is 1.30. The molecule has 0 heterocycles. The van der Waals surface area contributed by atoms with Crippen molar-refractivity contribution < 1.29 is 0 Å². The van der Waals surface area contributed by atoms with Gasteiger partial charge in [-0.15, -0.1) is 0 Å². The van der Waals surface area contributed by atoms with E-state index in [4.69, 9.17) is 5.26 Å². The molecule has 0 atom stereocenters. The van der Waals surface area contributed by atoms with E-state index in [0.29, 0.717) is 5.57 Å². The number of nitrogens with zero attached hydrogens (tertiary/aromatic N) is 1. The zero-order chi connectivity index (χ0) is 6.91. The Morgan fingerprint density at radius 3 is 2.44 bits per heavy atom. The van der Waals surface area contributed by atoms with E-state index in [2.05, 4.69) is 18.0 Å². The van der Waals surface area contributed by atoms with Gasteiger partial charge in [0.2, 0.25) is 0 Å². The normalized spacial score (nSPS) is 20.4. The smallest absolute Gasteiger partial charge is 0.0960 e. The van der Waals surface area contributed by atoms with Gasteiger partial charge in [0.15, 0.2) is 0 Å². The van der Waals surface area contributed by atoms with Crippen molar-refractivity contribution in [2.75, 3.05) is 7.05 Å². The standard InChI is InChI=1S/C7H10N2/c1-6(5-8)7(9-2)3-4-7/h9H,1,3-4H2,2H3. The molecule has 0 aromatic carbocycles. The van der Waals surface area contributed by atoms with E-state index in [9.17, 15) is 0 Å². The van der Waals surface area contributed by atoms with Crippen LogP contribution in [0.15, 0.2) is 12.2 Å². The van der Waals surface area contributed by atoms with Gasteiger partial charge in [-0.25, -0.2) is 0 Å². The fourth-order valence-electron chi connectivity index (χ4n) is 0.935. The van der Waals surface area contributed by atoms with Crippen LogP contribution < -0.4 is 5.32 Å². The lowest BCUT2D eigenvalue weighted by Gasteiger charge is -2.09. The second kappa shape index (κ2) is 1.85. The third-order valence-corrected chi connectivity index (χ3v) is 1.94. The van der Waals surface area contributed by atoms with E-state index in [1.54, 1.807) is 0 Å². The van der Waals surface area contributed by atoms with Gasteiger partial charge in [0.25, 0.3) is 0 Å². The zero-order valence-corrected chi connectivity index (χ0v) is 5.57. The molecule has 48 valence electrons. The molecule has 0 aromatic rings. The Morgan fingerprint density at radius 2 is 2.33 bits per heavy atom. The Balaban J connectivity index is 2.63. The highest BCUT2D eigenvalue weighted by molar-refractivity contribution is 5.36. The molecular formula is C7H10N2. The summed E-state index contributed by atoms with van der Waals surface area (Å²) in [4.78, 5) is 0. The van der Waals surface area contributed by atoms with Gasteiger partial charge in [0.05, 0.1) is 11.6 Å². The average Bonchev–Trinajstić information content (AvgIpc) is 2.66. The molecular weight excluding hydrogens is 112 g/mol. The molecule has 0 bridgehead atoms. The molecule has 0 aliphatic heterocycles. The first-order valence-electron chi connectivity index (χ1n) is 3.03. The van der Waals surface area contributed by atoms with E-state index in [-0.39, 0.29) is 5.54 Å². The molecule has 1 aliphatic rings. The van der Waals surface area contributed by atoms with Crippen molar-refractivity contribution >= 4 is 0 Å². The molecule has 0 unspecified atom stereocenters. The molecule has 9 heavy (non-hydrogen) atoms. The molecule has 2 heteroatoms. The molecule has 0 radical (unpaired) electrons. The molecule has 1 aliphatic carbocycles. The molecule has 0 saturated heterocycles. The first-order valence-corrected chi connectivity index (χ1v) is 3.03. The molecule has 1 saturated carbocycles. The van der Waals surface area contributed by atoms with E-state index in [1.807, 2.05) is 7.05 Å². The minimum Gasteiger partial charge on any atom is -0.310 e. The average molecular weight is 122 g/mol. The Bertz CT molecular complexity index is 172. The minimum atomic E-state index is -0.00521. The van der Waals surface area contributed by atoms with Crippen LogP contribution in [0.5, 0.6) is 0 Å². The monoisotopic (exact) mass is 122 g/mol. The van der Waals surface area contributed by atoms with Crippen molar-refractivity contribution in [3.8, 4) is 6.07 Å². The van der Waals surface area contributed by atoms with Gasteiger partial charge < -0.3 is 5.32 Å². The van der Waals surface area contributed by atoms with Gasteiger partial charge in [-0.05, 0) is 19.9 Å². The summed E-state index contributed by atoms with van der Waals surface area (Å²) in [5, 5.41) is 11.5. The number of rotatable bonds is 2. The summed E-state index contributed by atoms with van der Waals surface area (Å²) in [7, 11) is 1.87. The summed E-state index contributed by atoms with van der Waals surface area (Å²) >= 11 is 0. The maximum absolute atomic E-state index is 8.45. The maximum atomic E-state index is 8.45. The molecule has 1 rings (SSSR count).